The lowest BCUT2D eigenvalue weighted by Crippen LogP contribution is -2.01. The summed E-state index contributed by atoms with van der Waals surface area (Å²) >= 11 is 0. The summed E-state index contributed by atoms with van der Waals surface area (Å²) in [7, 11) is 0. The van der Waals surface area contributed by atoms with Gasteiger partial charge in [-0.15, -0.1) is 0 Å². The zero-order valence-electron chi connectivity index (χ0n) is 10.5. The second-order valence-electron chi connectivity index (χ2n) is 4.85. The molecular weight excluding hydrogens is 230 g/mol. The average molecular weight is 243 g/mol. The first kappa shape index (κ1) is 10.5. The summed E-state index contributed by atoms with van der Waals surface area (Å²) in [5.74, 6) is 0. The first-order valence-corrected chi connectivity index (χ1v) is 6.54. The largest absolute Gasteiger partial charge is 0.279 e. The van der Waals surface area contributed by atoms with Gasteiger partial charge in [0.1, 0.15) is 0 Å². The van der Waals surface area contributed by atoms with Gasteiger partial charge in [0.15, 0.2) is 0 Å². The van der Waals surface area contributed by atoms with E-state index in [9.17, 15) is 0 Å². The van der Waals surface area contributed by atoms with Gasteiger partial charge in [0.05, 0.1) is 12.3 Å². The Morgan fingerprint density at radius 2 is 1.42 bits per heavy atom. The lowest BCUT2D eigenvalue weighted by atomic mass is 9.96. The first-order chi connectivity index (χ1) is 9.43. The summed E-state index contributed by atoms with van der Waals surface area (Å²) in [4.78, 5) is 4.74. The third-order valence-corrected chi connectivity index (χ3v) is 3.72. The Balaban J connectivity index is 1.98. The average Bonchev–Trinajstić information content (AvgIpc) is 2.90. The van der Waals surface area contributed by atoms with Crippen LogP contribution < -0.4 is 0 Å². The molecule has 3 aromatic carbocycles. The van der Waals surface area contributed by atoms with Crippen LogP contribution in [0, 0.1) is 0 Å². The molecule has 0 unspecified atom stereocenters. The maximum Gasteiger partial charge on any atom is 0.0732 e. The number of benzene rings is 3. The van der Waals surface area contributed by atoms with Crippen molar-refractivity contribution in [2.75, 3.05) is 0 Å². The molecule has 1 heteroatoms. The van der Waals surface area contributed by atoms with Crippen LogP contribution in [0.4, 0.5) is 0 Å². The van der Waals surface area contributed by atoms with Crippen molar-refractivity contribution in [1.82, 2.24) is 0 Å². The van der Waals surface area contributed by atoms with Crippen molar-refractivity contribution in [3.05, 3.63) is 83.4 Å². The molecule has 4 rings (SSSR count). The van der Waals surface area contributed by atoms with Crippen molar-refractivity contribution < 1.29 is 0 Å². The predicted molar refractivity (Wildman–Crippen MR) is 79.7 cm³/mol. The highest BCUT2D eigenvalue weighted by atomic mass is 14.8. The molecule has 0 fully saturated rings. The van der Waals surface area contributed by atoms with Crippen LogP contribution in [0.1, 0.15) is 16.7 Å². The molecule has 0 aliphatic carbocycles. The van der Waals surface area contributed by atoms with Crippen molar-refractivity contribution >= 4 is 16.5 Å². The van der Waals surface area contributed by atoms with E-state index in [1.54, 1.807) is 0 Å². The summed E-state index contributed by atoms with van der Waals surface area (Å²) in [6, 6.07) is 23.4. The molecule has 0 saturated carbocycles. The maximum absolute atomic E-state index is 4.74. The van der Waals surface area contributed by atoms with Crippen LogP contribution >= 0.6 is 0 Å². The van der Waals surface area contributed by atoms with Crippen LogP contribution in [0.3, 0.4) is 0 Å². The molecular formula is C18H13N. The molecule has 1 nitrogen and oxygen atoms in total. The highest BCUT2D eigenvalue weighted by Crippen LogP contribution is 2.27. The van der Waals surface area contributed by atoms with Crippen LogP contribution in [0.5, 0.6) is 0 Å². The maximum atomic E-state index is 4.74. The topological polar surface area (TPSA) is 12.4 Å². The normalized spacial score (nSPS) is 13.4. The van der Waals surface area contributed by atoms with E-state index in [-0.39, 0.29) is 0 Å². The van der Waals surface area contributed by atoms with Crippen molar-refractivity contribution in [3.8, 4) is 0 Å². The quantitative estimate of drug-likeness (QED) is 0.607. The molecule has 0 radical (unpaired) electrons. The van der Waals surface area contributed by atoms with Crippen molar-refractivity contribution in [2.24, 2.45) is 4.99 Å². The summed E-state index contributed by atoms with van der Waals surface area (Å²) < 4.78 is 0. The molecule has 0 aromatic heterocycles. The van der Waals surface area contributed by atoms with Gasteiger partial charge in [-0.05, 0) is 16.3 Å². The number of aliphatic imine (C=N–C) groups is 1. The molecule has 19 heavy (non-hydrogen) atoms. The number of rotatable bonds is 1. The van der Waals surface area contributed by atoms with E-state index in [2.05, 4.69) is 66.7 Å². The molecule has 0 N–H and O–H groups in total. The predicted octanol–water partition coefficient (Wildman–Crippen LogP) is 4.19. The second kappa shape index (κ2) is 4.06. The Labute approximate surface area is 112 Å². The summed E-state index contributed by atoms with van der Waals surface area (Å²) in [6.45, 7) is 0.800. The zero-order chi connectivity index (χ0) is 12.7. The van der Waals surface area contributed by atoms with E-state index < -0.39 is 0 Å². The Morgan fingerprint density at radius 3 is 2.42 bits per heavy atom. The number of hydrogen-bond acceptors (Lipinski definition) is 1. The van der Waals surface area contributed by atoms with Crippen LogP contribution in [0.25, 0.3) is 10.8 Å². The van der Waals surface area contributed by atoms with Crippen LogP contribution in [-0.4, -0.2) is 5.71 Å². The Bertz CT molecular complexity index is 794. The Hall–Kier alpha value is -2.41. The molecule has 1 heterocycles. The van der Waals surface area contributed by atoms with Crippen LogP contribution in [0.15, 0.2) is 71.7 Å². The molecule has 90 valence electrons. The Morgan fingerprint density at radius 1 is 0.684 bits per heavy atom. The molecule has 0 bridgehead atoms. The SMILES string of the molecule is c1ccc2c(c1)CN=C2c1cccc2ccccc12. The number of fused-ring (bicyclic) bond motifs is 2. The standard InChI is InChI=1S/C18H13N/c1-3-9-15-13(6-1)8-5-11-17(15)18-16-10-4-2-7-14(16)12-19-18/h1-11H,12H2. The first-order valence-electron chi connectivity index (χ1n) is 6.54. The van der Waals surface area contributed by atoms with Gasteiger partial charge in [-0.1, -0.05) is 66.7 Å². The van der Waals surface area contributed by atoms with Gasteiger partial charge >= 0.3 is 0 Å². The third-order valence-electron chi connectivity index (χ3n) is 3.72. The van der Waals surface area contributed by atoms with Crippen molar-refractivity contribution in [1.29, 1.82) is 0 Å². The van der Waals surface area contributed by atoms with Gasteiger partial charge in [-0.25, -0.2) is 0 Å². The van der Waals surface area contributed by atoms with Gasteiger partial charge in [0.2, 0.25) is 0 Å². The lowest BCUT2D eigenvalue weighted by Gasteiger charge is -2.07. The van der Waals surface area contributed by atoms with Gasteiger partial charge in [-0.2, -0.15) is 0 Å². The smallest absolute Gasteiger partial charge is 0.0732 e. The fourth-order valence-corrected chi connectivity index (χ4v) is 2.80. The molecule has 1 aliphatic rings. The van der Waals surface area contributed by atoms with Crippen molar-refractivity contribution in [3.63, 3.8) is 0 Å². The van der Waals surface area contributed by atoms with Gasteiger partial charge in [-0.3, -0.25) is 4.99 Å². The lowest BCUT2D eigenvalue weighted by molar-refractivity contribution is 1.11. The minimum absolute atomic E-state index is 0.800. The van der Waals surface area contributed by atoms with Gasteiger partial charge in [0.25, 0.3) is 0 Å². The summed E-state index contributed by atoms with van der Waals surface area (Å²) in [5.41, 5.74) is 4.97. The minimum atomic E-state index is 0.800. The number of nitrogens with zero attached hydrogens (tertiary/aromatic N) is 1. The minimum Gasteiger partial charge on any atom is -0.279 e. The summed E-state index contributed by atoms with van der Waals surface area (Å²) in [5, 5.41) is 2.55. The van der Waals surface area contributed by atoms with E-state index in [0.29, 0.717) is 0 Å². The van der Waals surface area contributed by atoms with E-state index in [1.165, 1.54) is 27.5 Å². The van der Waals surface area contributed by atoms with E-state index in [0.717, 1.165) is 12.3 Å². The number of hydrogen-bond donors (Lipinski definition) is 0. The van der Waals surface area contributed by atoms with E-state index >= 15 is 0 Å². The molecule has 0 spiro atoms. The highest BCUT2D eigenvalue weighted by molar-refractivity contribution is 6.21. The fourth-order valence-electron chi connectivity index (χ4n) is 2.80. The van der Waals surface area contributed by atoms with E-state index in [4.69, 9.17) is 4.99 Å². The van der Waals surface area contributed by atoms with Crippen LogP contribution in [0.2, 0.25) is 0 Å². The molecule has 0 amide bonds. The van der Waals surface area contributed by atoms with Gasteiger partial charge in [0, 0.05) is 11.1 Å². The Kier molecular flexibility index (Phi) is 2.25. The molecule has 0 atom stereocenters. The molecule has 1 aliphatic heterocycles. The van der Waals surface area contributed by atoms with Crippen molar-refractivity contribution in [2.45, 2.75) is 6.54 Å². The molecule has 0 saturated heterocycles. The zero-order valence-corrected chi connectivity index (χ0v) is 10.5. The monoisotopic (exact) mass is 243 g/mol. The second-order valence-corrected chi connectivity index (χ2v) is 4.85. The fraction of sp³-hybridized carbons (Fsp3) is 0.0556. The third kappa shape index (κ3) is 1.59. The van der Waals surface area contributed by atoms with Gasteiger partial charge < -0.3 is 0 Å². The van der Waals surface area contributed by atoms with E-state index in [1.807, 2.05) is 0 Å². The summed E-state index contributed by atoms with van der Waals surface area (Å²) in [6.07, 6.45) is 0. The molecule has 3 aromatic rings. The van der Waals surface area contributed by atoms with Crippen LogP contribution in [-0.2, 0) is 6.54 Å². The highest BCUT2D eigenvalue weighted by Gasteiger charge is 2.17.